The maximum atomic E-state index is 10.7. The highest BCUT2D eigenvalue weighted by atomic mass is 32.2. The molecule has 0 aliphatic carbocycles. The minimum atomic E-state index is -0.613. The van der Waals surface area contributed by atoms with Crippen LogP contribution < -0.4 is 11.1 Å². The van der Waals surface area contributed by atoms with Crippen molar-refractivity contribution in [1.82, 2.24) is 15.5 Å². The van der Waals surface area contributed by atoms with Crippen LogP contribution in [0.2, 0.25) is 0 Å². The van der Waals surface area contributed by atoms with Gasteiger partial charge in [0, 0.05) is 5.56 Å². The zero-order valence-electron chi connectivity index (χ0n) is 11.8. The van der Waals surface area contributed by atoms with Crippen LogP contribution >= 0.6 is 23.5 Å². The van der Waals surface area contributed by atoms with Gasteiger partial charge in [0.2, 0.25) is 0 Å². The minimum absolute atomic E-state index is 0.159. The molecular formula is C14H16N4O2S2. The largest absolute Gasteiger partial charge is 0.352 e. The van der Waals surface area contributed by atoms with Gasteiger partial charge in [0.25, 0.3) is 5.89 Å². The first-order valence-corrected chi connectivity index (χ1v) is 9.01. The van der Waals surface area contributed by atoms with E-state index in [1.165, 1.54) is 23.5 Å². The molecule has 3 N–H and O–H groups in total. The summed E-state index contributed by atoms with van der Waals surface area (Å²) in [6, 6.07) is 7.58. The smallest absolute Gasteiger partial charge is 0.312 e. The van der Waals surface area contributed by atoms with Crippen LogP contribution in [0.3, 0.4) is 0 Å². The number of carbonyl (C=O) groups is 1. The monoisotopic (exact) mass is 336 g/mol. The molecule has 0 radical (unpaired) electrons. The second kappa shape index (κ2) is 7.06. The van der Waals surface area contributed by atoms with Crippen LogP contribution in [0.5, 0.6) is 0 Å². The van der Waals surface area contributed by atoms with Gasteiger partial charge in [0.1, 0.15) is 0 Å². The maximum Gasteiger partial charge on any atom is 0.312 e. The number of urea groups is 1. The van der Waals surface area contributed by atoms with E-state index in [0.717, 1.165) is 5.56 Å². The Morgan fingerprint density at radius 1 is 1.32 bits per heavy atom. The molecule has 2 heterocycles. The zero-order valence-corrected chi connectivity index (χ0v) is 13.5. The molecule has 1 saturated heterocycles. The number of rotatable bonds is 4. The summed E-state index contributed by atoms with van der Waals surface area (Å²) in [4.78, 5) is 14.9. The third-order valence-electron chi connectivity index (χ3n) is 3.15. The number of carbonyl (C=O) groups excluding carboxylic acids is 1. The number of thioether (sulfide) groups is 2. The summed E-state index contributed by atoms with van der Waals surface area (Å²) in [6.45, 7) is 0.159. The van der Waals surface area contributed by atoms with Crippen LogP contribution in [0.25, 0.3) is 11.5 Å². The van der Waals surface area contributed by atoms with Gasteiger partial charge >= 0.3 is 6.03 Å². The van der Waals surface area contributed by atoms with Crippen molar-refractivity contribution < 1.29 is 9.32 Å². The second-order valence-corrected chi connectivity index (χ2v) is 7.51. The summed E-state index contributed by atoms with van der Waals surface area (Å²) in [5.74, 6) is 3.28. The molecule has 0 unspecified atom stereocenters. The molecule has 22 heavy (non-hydrogen) atoms. The maximum absolute atomic E-state index is 10.7. The number of aromatic nitrogens is 2. The topological polar surface area (TPSA) is 94.0 Å². The predicted octanol–water partition coefficient (Wildman–Crippen LogP) is 2.77. The Hall–Kier alpha value is -1.67. The van der Waals surface area contributed by atoms with Gasteiger partial charge in [-0.2, -0.15) is 4.98 Å². The summed E-state index contributed by atoms with van der Waals surface area (Å²) < 4.78 is 5.72. The van der Waals surface area contributed by atoms with Crippen molar-refractivity contribution in [2.24, 2.45) is 5.73 Å². The molecule has 1 aliphatic heterocycles. The fraction of sp³-hybridized carbons (Fsp3) is 0.357. The highest BCUT2D eigenvalue weighted by Crippen LogP contribution is 2.43. The molecule has 8 heteroatoms. The lowest BCUT2D eigenvalue weighted by atomic mass is 10.1. The summed E-state index contributed by atoms with van der Waals surface area (Å²) >= 11 is 3.98. The van der Waals surface area contributed by atoms with Crippen LogP contribution in [-0.4, -0.2) is 27.7 Å². The Morgan fingerprint density at radius 2 is 2.05 bits per heavy atom. The molecule has 1 aromatic carbocycles. The van der Waals surface area contributed by atoms with E-state index in [2.05, 4.69) is 27.6 Å². The Kier molecular flexibility index (Phi) is 4.89. The van der Waals surface area contributed by atoms with Gasteiger partial charge in [-0.1, -0.05) is 17.3 Å². The van der Waals surface area contributed by atoms with Gasteiger partial charge in [0.15, 0.2) is 5.82 Å². The van der Waals surface area contributed by atoms with Gasteiger partial charge < -0.3 is 15.6 Å². The van der Waals surface area contributed by atoms with Crippen LogP contribution in [0.1, 0.15) is 22.4 Å². The summed E-state index contributed by atoms with van der Waals surface area (Å²) in [5.41, 5.74) is 7.19. The Balaban J connectivity index is 1.68. The third-order valence-corrected chi connectivity index (χ3v) is 6.16. The molecule has 6 nitrogen and oxygen atoms in total. The molecule has 2 amide bonds. The van der Waals surface area contributed by atoms with Gasteiger partial charge in [-0.15, -0.1) is 23.5 Å². The van der Waals surface area contributed by atoms with Crippen molar-refractivity contribution in [3.05, 3.63) is 35.7 Å². The van der Waals surface area contributed by atoms with Crippen molar-refractivity contribution in [3.63, 3.8) is 0 Å². The molecule has 3 rings (SSSR count). The minimum Gasteiger partial charge on any atom is -0.352 e. The van der Waals surface area contributed by atoms with Crippen LogP contribution in [-0.2, 0) is 6.54 Å². The van der Waals surface area contributed by atoms with Gasteiger partial charge in [-0.25, -0.2) is 4.79 Å². The number of hydrogen-bond donors (Lipinski definition) is 2. The van der Waals surface area contributed by atoms with Crippen LogP contribution in [0.15, 0.2) is 28.8 Å². The number of amides is 2. The highest BCUT2D eigenvalue weighted by Gasteiger charge is 2.17. The average Bonchev–Trinajstić information content (AvgIpc) is 3.03. The van der Waals surface area contributed by atoms with E-state index < -0.39 is 6.03 Å². The summed E-state index contributed by atoms with van der Waals surface area (Å²) in [7, 11) is 0. The lowest BCUT2D eigenvalue weighted by Gasteiger charge is -2.21. The fourth-order valence-electron chi connectivity index (χ4n) is 2.07. The SMILES string of the molecule is NC(=O)NCc1noc(-c2ccc(C3SCCCS3)cc2)n1. The first kappa shape index (κ1) is 15.2. The second-order valence-electron chi connectivity index (χ2n) is 4.78. The lowest BCUT2D eigenvalue weighted by Crippen LogP contribution is -2.29. The van der Waals surface area contributed by atoms with Crippen molar-refractivity contribution in [1.29, 1.82) is 0 Å². The molecule has 0 spiro atoms. The van der Waals surface area contributed by atoms with E-state index >= 15 is 0 Å². The van der Waals surface area contributed by atoms with Crippen molar-refractivity contribution in [2.45, 2.75) is 17.5 Å². The number of nitrogens with zero attached hydrogens (tertiary/aromatic N) is 2. The quantitative estimate of drug-likeness (QED) is 0.891. The molecule has 116 valence electrons. The van der Waals surface area contributed by atoms with Gasteiger partial charge in [0.05, 0.1) is 11.1 Å². The molecule has 1 aliphatic rings. The average molecular weight is 336 g/mol. The standard InChI is InChI=1S/C14H16N4O2S2/c15-14(19)16-8-11-17-12(20-18-11)9-2-4-10(5-3-9)13-21-6-1-7-22-13/h2-5,13H,1,6-8H2,(H3,15,16,19). The first-order chi connectivity index (χ1) is 10.7. The summed E-state index contributed by atoms with van der Waals surface area (Å²) in [6.07, 6.45) is 1.29. The van der Waals surface area contributed by atoms with Gasteiger partial charge in [-0.05, 0) is 35.6 Å². The molecule has 2 aromatic rings. The normalized spacial score (nSPS) is 15.6. The first-order valence-electron chi connectivity index (χ1n) is 6.92. The van der Waals surface area contributed by atoms with Crippen LogP contribution in [0, 0.1) is 0 Å². The number of hydrogen-bond acceptors (Lipinski definition) is 6. The van der Waals surface area contributed by atoms with Crippen molar-refractivity contribution in [3.8, 4) is 11.5 Å². The van der Waals surface area contributed by atoms with E-state index in [1.807, 2.05) is 35.7 Å². The molecule has 0 bridgehead atoms. The van der Waals surface area contributed by atoms with Crippen molar-refractivity contribution >= 4 is 29.6 Å². The summed E-state index contributed by atoms with van der Waals surface area (Å²) in [5, 5.41) is 6.24. The van der Waals surface area contributed by atoms with Gasteiger partial charge in [-0.3, -0.25) is 0 Å². The van der Waals surface area contributed by atoms with Crippen LogP contribution in [0.4, 0.5) is 4.79 Å². The fourth-order valence-corrected chi connectivity index (χ4v) is 4.97. The number of nitrogens with one attached hydrogen (secondary N) is 1. The Labute approximate surface area is 136 Å². The van der Waals surface area contributed by atoms with E-state index in [0.29, 0.717) is 16.3 Å². The number of primary amides is 1. The van der Waals surface area contributed by atoms with E-state index in [-0.39, 0.29) is 6.54 Å². The Morgan fingerprint density at radius 3 is 2.73 bits per heavy atom. The van der Waals surface area contributed by atoms with E-state index in [4.69, 9.17) is 10.3 Å². The lowest BCUT2D eigenvalue weighted by molar-refractivity contribution is 0.248. The molecule has 1 aromatic heterocycles. The third kappa shape index (κ3) is 3.75. The molecular weight excluding hydrogens is 320 g/mol. The molecule has 0 atom stereocenters. The predicted molar refractivity (Wildman–Crippen MR) is 88.4 cm³/mol. The van der Waals surface area contributed by atoms with E-state index in [9.17, 15) is 4.79 Å². The zero-order chi connectivity index (χ0) is 15.4. The van der Waals surface area contributed by atoms with E-state index in [1.54, 1.807) is 0 Å². The molecule has 1 fully saturated rings. The Bertz CT molecular complexity index is 639. The highest BCUT2D eigenvalue weighted by molar-refractivity contribution is 8.16. The molecule has 0 saturated carbocycles. The number of nitrogens with two attached hydrogens (primary N) is 1. The number of benzene rings is 1. The van der Waals surface area contributed by atoms with Crippen molar-refractivity contribution in [2.75, 3.05) is 11.5 Å².